The van der Waals surface area contributed by atoms with Crippen molar-refractivity contribution >= 4 is 29.9 Å². The minimum absolute atomic E-state index is 0. The first kappa shape index (κ1) is 24.4. The van der Waals surface area contributed by atoms with Crippen LogP contribution in [0, 0.1) is 6.92 Å². The Labute approximate surface area is 195 Å². The molecule has 0 amide bonds. The lowest BCUT2D eigenvalue weighted by Gasteiger charge is -2.36. The third-order valence-electron chi connectivity index (χ3n) is 4.77. The summed E-state index contributed by atoms with van der Waals surface area (Å²) >= 11 is 0. The SMILES string of the molecule is CCNC(=NCC(O)COc1cccc(C)c1)N1CCN(Cc2ccon2)CC1.I. The maximum absolute atomic E-state index is 10.3. The number of aromatic nitrogens is 1. The second kappa shape index (κ2) is 12.8. The number of guanidine groups is 1. The van der Waals surface area contributed by atoms with Gasteiger partial charge in [-0.05, 0) is 31.5 Å². The molecule has 2 heterocycles. The van der Waals surface area contributed by atoms with Gasteiger partial charge in [0.2, 0.25) is 0 Å². The number of aliphatic hydroxyl groups is 1. The lowest BCUT2D eigenvalue weighted by molar-refractivity contribution is 0.113. The van der Waals surface area contributed by atoms with E-state index in [1.54, 1.807) is 6.26 Å². The van der Waals surface area contributed by atoms with Crippen molar-refractivity contribution in [3.8, 4) is 5.75 Å². The second-order valence-corrected chi connectivity index (χ2v) is 7.23. The molecule has 0 aliphatic carbocycles. The Kier molecular flexibility index (Phi) is 10.4. The molecule has 1 fully saturated rings. The van der Waals surface area contributed by atoms with E-state index in [0.29, 0.717) is 6.54 Å². The largest absolute Gasteiger partial charge is 0.491 e. The molecule has 1 aromatic heterocycles. The van der Waals surface area contributed by atoms with Crippen LogP contribution in [0.1, 0.15) is 18.2 Å². The van der Waals surface area contributed by atoms with E-state index >= 15 is 0 Å². The summed E-state index contributed by atoms with van der Waals surface area (Å²) in [4.78, 5) is 9.21. The first-order valence-corrected chi connectivity index (χ1v) is 10.2. The molecule has 2 aromatic rings. The topological polar surface area (TPSA) is 86.4 Å². The van der Waals surface area contributed by atoms with Gasteiger partial charge in [0.05, 0.1) is 12.2 Å². The van der Waals surface area contributed by atoms with Crippen molar-refractivity contribution < 1.29 is 14.4 Å². The van der Waals surface area contributed by atoms with Crippen LogP contribution in [0.5, 0.6) is 5.75 Å². The zero-order valence-corrected chi connectivity index (χ0v) is 20.0. The van der Waals surface area contributed by atoms with Crippen molar-refractivity contribution in [2.45, 2.75) is 26.5 Å². The summed E-state index contributed by atoms with van der Waals surface area (Å²) in [5.74, 6) is 1.60. The van der Waals surface area contributed by atoms with Gasteiger partial charge in [0, 0.05) is 45.3 Å². The van der Waals surface area contributed by atoms with Gasteiger partial charge in [0.15, 0.2) is 5.96 Å². The highest BCUT2D eigenvalue weighted by Gasteiger charge is 2.20. The average molecular weight is 529 g/mol. The maximum atomic E-state index is 10.3. The molecule has 30 heavy (non-hydrogen) atoms. The van der Waals surface area contributed by atoms with E-state index in [9.17, 15) is 5.11 Å². The van der Waals surface area contributed by atoms with Crippen molar-refractivity contribution in [2.75, 3.05) is 45.9 Å². The highest BCUT2D eigenvalue weighted by Crippen LogP contribution is 2.12. The van der Waals surface area contributed by atoms with Crippen LogP contribution in [0.3, 0.4) is 0 Å². The van der Waals surface area contributed by atoms with Crippen LogP contribution in [0.2, 0.25) is 0 Å². The Morgan fingerprint density at radius 2 is 2.10 bits per heavy atom. The predicted molar refractivity (Wildman–Crippen MR) is 127 cm³/mol. The predicted octanol–water partition coefficient (Wildman–Crippen LogP) is 2.12. The van der Waals surface area contributed by atoms with Gasteiger partial charge in [-0.2, -0.15) is 0 Å². The molecule has 0 saturated carbocycles. The highest BCUT2D eigenvalue weighted by atomic mass is 127. The Morgan fingerprint density at radius 3 is 2.77 bits per heavy atom. The average Bonchev–Trinajstić information content (AvgIpc) is 3.23. The minimum Gasteiger partial charge on any atom is -0.491 e. The fraction of sp³-hybridized carbons (Fsp3) is 0.524. The summed E-state index contributed by atoms with van der Waals surface area (Å²) < 4.78 is 10.6. The minimum atomic E-state index is -0.655. The van der Waals surface area contributed by atoms with Crippen LogP contribution in [0.25, 0.3) is 0 Å². The molecule has 0 radical (unpaired) electrons. The van der Waals surface area contributed by atoms with Gasteiger partial charge in [0.1, 0.15) is 24.7 Å². The van der Waals surface area contributed by atoms with Crippen LogP contribution in [0.15, 0.2) is 46.1 Å². The van der Waals surface area contributed by atoms with Crippen LogP contribution in [-0.4, -0.2) is 78.0 Å². The highest BCUT2D eigenvalue weighted by molar-refractivity contribution is 14.0. The first-order valence-electron chi connectivity index (χ1n) is 10.2. The number of hydrogen-bond acceptors (Lipinski definition) is 6. The molecule has 9 heteroatoms. The van der Waals surface area contributed by atoms with E-state index < -0.39 is 6.10 Å². The summed E-state index contributed by atoms with van der Waals surface area (Å²) in [7, 11) is 0. The monoisotopic (exact) mass is 529 g/mol. The van der Waals surface area contributed by atoms with Crippen LogP contribution in [-0.2, 0) is 6.54 Å². The first-order chi connectivity index (χ1) is 14.1. The molecule has 0 spiro atoms. The Balaban J connectivity index is 0.00000320. The summed E-state index contributed by atoms with van der Waals surface area (Å²) in [5, 5.41) is 17.6. The molecule has 1 saturated heterocycles. The number of ether oxygens (including phenoxy) is 1. The Morgan fingerprint density at radius 1 is 1.30 bits per heavy atom. The zero-order chi connectivity index (χ0) is 20.5. The van der Waals surface area contributed by atoms with Gasteiger partial charge in [-0.15, -0.1) is 24.0 Å². The third-order valence-corrected chi connectivity index (χ3v) is 4.77. The Hall–Kier alpha value is -1.85. The van der Waals surface area contributed by atoms with E-state index in [2.05, 4.69) is 25.3 Å². The molecule has 8 nitrogen and oxygen atoms in total. The molecular formula is C21H32IN5O3. The fourth-order valence-corrected chi connectivity index (χ4v) is 3.23. The number of piperazine rings is 1. The van der Waals surface area contributed by atoms with Gasteiger partial charge >= 0.3 is 0 Å². The van der Waals surface area contributed by atoms with Crippen molar-refractivity contribution in [1.82, 2.24) is 20.3 Å². The van der Waals surface area contributed by atoms with Gasteiger partial charge < -0.3 is 24.6 Å². The van der Waals surface area contributed by atoms with Crippen LogP contribution in [0.4, 0.5) is 0 Å². The molecule has 1 atom stereocenters. The normalized spacial score (nSPS) is 16.1. The maximum Gasteiger partial charge on any atom is 0.194 e. The standard InChI is InChI=1S/C21H31N5O3.HI/c1-3-22-21(23-14-19(27)16-28-20-6-4-5-17(2)13-20)26-10-8-25(9-11-26)15-18-7-12-29-24-18;/h4-7,12-13,19,27H,3,8-11,14-16H2,1-2H3,(H,22,23);1H. The van der Waals surface area contributed by atoms with Gasteiger partial charge in [-0.25, -0.2) is 0 Å². The number of hydrogen-bond donors (Lipinski definition) is 2. The van der Waals surface area contributed by atoms with Crippen molar-refractivity contribution in [3.63, 3.8) is 0 Å². The molecule has 1 aliphatic heterocycles. The lowest BCUT2D eigenvalue weighted by atomic mass is 10.2. The second-order valence-electron chi connectivity index (χ2n) is 7.23. The number of halogens is 1. The molecule has 166 valence electrons. The summed E-state index contributed by atoms with van der Waals surface area (Å²) in [5.41, 5.74) is 2.09. The summed E-state index contributed by atoms with van der Waals surface area (Å²) in [6, 6.07) is 9.71. The summed E-state index contributed by atoms with van der Waals surface area (Å²) in [6.07, 6.45) is 0.952. The molecule has 0 bridgehead atoms. The van der Waals surface area contributed by atoms with E-state index in [-0.39, 0.29) is 30.6 Å². The van der Waals surface area contributed by atoms with Crippen LogP contribution < -0.4 is 10.1 Å². The number of benzene rings is 1. The van der Waals surface area contributed by atoms with Crippen molar-refractivity contribution in [2.24, 2.45) is 4.99 Å². The zero-order valence-electron chi connectivity index (χ0n) is 17.7. The molecule has 1 aliphatic rings. The Bertz CT molecular complexity index is 764. The number of aliphatic imine (C=N–C) groups is 1. The van der Waals surface area contributed by atoms with Gasteiger partial charge in [0.25, 0.3) is 0 Å². The number of nitrogens with zero attached hydrogens (tertiary/aromatic N) is 4. The lowest BCUT2D eigenvalue weighted by Crippen LogP contribution is -2.52. The van der Waals surface area contributed by atoms with E-state index in [4.69, 9.17) is 9.26 Å². The molecule has 1 aromatic carbocycles. The van der Waals surface area contributed by atoms with E-state index in [1.165, 1.54) is 0 Å². The smallest absolute Gasteiger partial charge is 0.194 e. The fourth-order valence-electron chi connectivity index (χ4n) is 3.23. The number of nitrogens with one attached hydrogen (secondary N) is 1. The third kappa shape index (κ3) is 7.77. The van der Waals surface area contributed by atoms with E-state index in [0.717, 1.165) is 62.2 Å². The van der Waals surface area contributed by atoms with Crippen molar-refractivity contribution in [3.05, 3.63) is 47.9 Å². The molecule has 3 rings (SSSR count). The molecule has 2 N–H and O–H groups in total. The quantitative estimate of drug-likeness (QED) is 0.308. The van der Waals surface area contributed by atoms with Gasteiger partial charge in [-0.3, -0.25) is 9.89 Å². The van der Waals surface area contributed by atoms with Crippen molar-refractivity contribution in [1.29, 1.82) is 0 Å². The number of aryl methyl sites for hydroxylation is 1. The number of rotatable bonds is 8. The van der Waals surface area contributed by atoms with Gasteiger partial charge in [-0.1, -0.05) is 17.3 Å². The van der Waals surface area contributed by atoms with E-state index in [1.807, 2.05) is 44.2 Å². The summed E-state index contributed by atoms with van der Waals surface area (Å²) in [6.45, 7) is 9.77. The molecule has 1 unspecified atom stereocenters. The van der Waals surface area contributed by atoms with Crippen LogP contribution >= 0.6 is 24.0 Å². The molecular weight excluding hydrogens is 497 g/mol. The number of aliphatic hydroxyl groups excluding tert-OH is 1.